The number of rotatable bonds is 3. The zero-order valence-electron chi connectivity index (χ0n) is 16.0. The standard InChI is InChI=1S/C22H22ClN5O/c23-19-6-2-1-5-17(19)22(29)26-15-7-8-20-18(12-15)21(25-14-24-20)28-11-10-27-9-3-4-16(27)13-28/h1-2,5-8,12,14,16H,3-4,9-11,13H2,(H,26,29). The van der Waals surface area contributed by atoms with E-state index in [1.54, 1.807) is 24.5 Å². The smallest absolute Gasteiger partial charge is 0.257 e. The lowest BCUT2D eigenvalue weighted by atomic mass is 10.1. The van der Waals surface area contributed by atoms with Crippen molar-refractivity contribution in [2.45, 2.75) is 18.9 Å². The summed E-state index contributed by atoms with van der Waals surface area (Å²) in [5, 5.41) is 4.34. The van der Waals surface area contributed by atoms with Crippen molar-refractivity contribution in [1.29, 1.82) is 0 Å². The van der Waals surface area contributed by atoms with Crippen LogP contribution in [0, 0.1) is 0 Å². The first-order valence-corrected chi connectivity index (χ1v) is 10.4. The van der Waals surface area contributed by atoms with Gasteiger partial charge in [-0.2, -0.15) is 0 Å². The average Bonchev–Trinajstić information content (AvgIpc) is 3.21. The molecule has 3 heterocycles. The van der Waals surface area contributed by atoms with E-state index in [1.807, 2.05) is 24.3 Å². The third kappa shape index (κ3) is 3.54. The molecule has 2 aromatic carbocycles. The minimum Gasteiger partial charge on any atom is -0.353 e. The van der Waals surface area contributed by atoms with E-state index < -0.39 is 0 Å². The Hall–Kier alpha value is -2.70. The molecule has 2 saturated heterocycles. The number of fused-ring (bicyclic) bond motifs is 2. The molecule has 0 saturated carbocycles. The number of nitrogens with one attached hydrogen (secondary N) is 1. The molecule has 3 aromatic rings. The highest BCUT2D eigenvalue weighted by Crippen LogP contribution is 2.30. The van der Waals surface area contributed by atoms with Crippen LogP contribution in [0.5, 0.6) is 0 Å². The van der Waals surface area contributed by atoms with Crippen molar-refractivity contribution in [3.8, 4) is 0 Å². The van der Waals surface area contributed by atoms with E-state index in [-0.39, 0.29) is 5.91 Å². The lowest BCUT2D eigenvalue weighted by Gasteiger charge is -2.38. The van der Waals surface area contributed by atoms with E-state index in [0.717, 1.165) is 36.4 Å². The monoisotopic (exact) mass is 407 g/mol. The minimum absolute atomic E-state index is 0.229. The number of carbonyl (C=O) groups excluding carboxylic acids is 1. The number of amides is 1. The predicted octanol–water partition coefficient (Wildman–Crippen LogP) is 3.82. The van der Waals surface area contributed by atoms with Gasteiger partial charge in [0, 0.05) is 36.7 Å². The number of halogens is 1. The van der Waals surface area contributed by atoms with Gasteiger partial charge < -0.3 is 10.2 Å². The van der Waals surface area contributed by atoms with E-state index >= 15 is 0 Å². The van der Waals surface area contributed by atoms with Crippen LogP contribution in [0.1, 0.15) is 23.2 Å². The summed E-state index contributed by atoms with van der Waals surface area (Å²) in [6.45, 7) is 4.22. The highest BCUT2D eigenvalue weighted by molar-refractivity contribution is 6.34. The first-order chi connectivity index (χ1) is 14.2. The van der Waals surface area contributed by atoms with Crippen molar-refractivity contribution in [2.75, 3.05) is 36.4 Å². The van der Waals surface area contributed by atoms with Crippen LogP contribution in [0.4, 0.5) is 11.5 Å². The molecule has 1 N–H and O–H groups in total. The van der Waals surface area contributed by atoms with Crippen LogP contribution in [-0.2, 0) is 0 Å². The SMILES string of the molecule is O=C(Nc1ccc2ncnc(N3CCN4CCCC4C3)c2c1)c1ccccc1Cl. The number of benzene rings is 2. The Morgan fingerprint density at radius 1 is 1.10 bits per heavy atom. The largest absolute Gasteiger partial charge is 0.353 e. The van der Waals surface area contributed by atoms with Crippen LogP contribution in [-0.4, -0.2) is 53.0 Å². The molecule has 0 aliphatic carbocycles. The van der Waals surface area contributed by atoms with Crippen LogP contribution >= 0.6 is 11.6 Å². The average molecular weight is 408 g/mol. The van der Waals surface area contributed by atoms with Gasteiger partial charge in [0.2, 0.25) is 0 Å². The summed E-state index contributed by atoms with van der Waals surface area (Å²) >= 11 is 6.16. The second-order valence-corrected chi connectivity index (χ2v) is 8.05. The van der Waals surface area contributed by atoms with Crippen LogP contribution in [0.2, 0.25) is 5.02 Å². The molecule has 5 rings (SSSR count). The van der Waals surface area contributed by atoms with Crippen LogP contribution < -0.4 is 10.2 Å². The summed E-state index contributed by atoms with van der Waals surface area (Å²) < 4.78 is 0. The summed E-state index contributed by atoms with van der Waals surface area (Å²) in [6, 6.07) is 13.4. The van der Waals surface area contributed by atoms with Gasteiger partial charge in [0.1, 0.15) is 12.1 Å². The fourth-order valence-electron chi connectivity index (χ4n) is 4.40. The van der Waals surface area contributed by atoms with E-state index in [2.05, 4.69) is 25.1 Å². The Bertz CT molecular complexity index is 1070. The highest BCUT2D eigenvalue weighted by Gasteiger charge is 2.31. The number of anilines is 2. The predicted molar refractivity (Wildman–Crippen MR) is 116 cm³/mol. The Morgan fingerprint density at radius 3 is 2.90 bits per heavy atom. The van der Waals surface area contributed by atoms with Crippen molar-refractivity contribution in [3.05, 3.63) is 59.4 Å². The van der Waals surface area contributed by atoms with E-state index in [1.165, 1.54) is 19.4 Å². The van der Waals surface area contributed by atoms with Crippen LogP contribution in [0.25, 0.3) is 10.9 Å². The summed E-state index contributed by atoms with van der Waals surface area (Å²) in [4.78, 5) is 26.6. The minimum atomic E-state index is -0.229. The maximum atomic E-state index is 12.6. The summed E-state index contributed by atoms with van der Waals surface area (Å²) in [5.74, 6) is 0.711. The van der Waals surface area contributed by atoms with Gasteiger partial charge in [-0.1, -0.05) is 23.7 Å². The third-order valence-electron chi connectivity index (χ3n) is 5.88. The first-order valence-electron chi connectivity index (χ1n) is 9.99. The summed E-state index contributed by atoms with van der Waals surface area (Å²) in [7, 11) is 0. The van der Waals surface area contributed by atoms with E-state index in [9.17, 15) is 4.79 Å². The van der Waals surface area contributed by atoms with Crippen LogP contribution in [0.15, 0.2) is 48.8 Å². The molecular formula is C22H22ClN5O. The van der Waals surface area contributed by atoms with Gasteiger partial charge in [-0.25, -0.2) is 9.97 Å². The fraction of sp³-hybridized carbons (Fsp3) is 0.318. The number of hydrogen-bond acceptors (Lipinski definition) is 5. The van der Waals surface area contributed by atoms with Crippen molar-refractivity contribution in [1.82, 2.24) is 14.9 Å². The van der Waals surface area contributed by atoms with Gasteiger partial charge in [0.05, 0.1) is 16.1 Å². The Morgan fingerprint density at radius 2 is 2.00 bits per heavy atom. The molecule has 1 aromatic heterocycles. The molecule has 0 bridgehead atoms. The summed E-state index contributed by atoms with van der Waals surface area (Å²) in [6.07, 6.45) is 4.15. The quantitative estimate of drug-likeness (QED) is 0.715. The second kappa shape index (κ2) is 7.61. The first kappa shape index (κ1) is 18.3. The number of nitrogens with zero attached hydrogens (tertiary/aromatic N) is 4. The van der Waals surface area contributed by atoms with E-state index in [4.69, 9.17) is 11.6 Å². The number of hydrogen-bond donors (Lipinski definition) is 1. The molecule has 0 radical (unpaired) electrons. The van der Waals surface area contributed by atoms with Gasteiger partial charge in [-0.3, -0.25) is 9.69 Å². The van der Waals surface area contributed by atoms with Crippen molar-refractivity contribution in [2.24, 2.45) is 0 Å². The molecule has 1 unspecified atom stereocenters. The zero-order valence-corrected chi connectivity index (χ0v) is 16.8. The van der Waals surface area contributed by atoms with Crippen molar-refractivity contribution in [3.63, 3.8) is 0 Å². The van der Waals surface area contributed by atoms with Crippen LogP contribution in [0.3, 0.4) is 0 Å². The second-order valence-electron chi connectivity index (χ2n) is 7.64. The van der Waals surface area contributed by atoms with Gasteiger partial charge in [0.25, 0.3) is 5.91 Å². The maximum absolute atomic E-state index is 12.6. The Kier molecular flexibility index (Phi) is 4.81. The zero-order chi connectivity index (χ0) is 19.8. The summed E-state index contributed by atoms with van der Waals surface area (Å²) in [5.41, 5.74) is 2.04. The lowest BCUT2D eigenvalue weighted by molar-refractivity contribution is 0.102. The molecule has 2 aliphatic heterocycles. The molecule has 148 valence electrons. The maximum Gasteiger partial charge on any atom is 0.257 e. The normalized spacial score (nSPS) is 19.3. The van der Waals surface area contributed by atoms with Gasteiger partial charge in [-0.05, 0) is 49.7 Å². The molecule has 6 nitrogen and oxygen atoms in total. The fourth-order valence-corrected chi connectivity index (χ4v) is 4.62. The number of carbonyl (C=O) groups is 1. The number of piperazine rings is 1. The molecule has 1 amide bonds. The molecular weight excluding hydrogens is 386 g/mol. The molecule has 2 fully saturated rings. The van der Waals surface area contributed by atoms with Gasteiger partial charge >= 0.3 is 0 Å². The van der Waals surface area contributed by atoms with E-state index in [0.29, 0.717) is 22.3 Å². The lowest BCUT2D eigenvalue weighted by Crippen LogP contribution is -2.50. The third-order valence-corrected chi connectivity index (χ3v) is 6.21. The molecule has 1 atom stereocenters. The number of aromatic nitrogens is 2. The molecule has 7 heteroatoms. The Labute approximate surface area is 174 Å². The Balaban J connectivity index is 1.44. The topological polar surface area (TPSA) is 61.4 Å². The van der Waals surface area contributed by atoms with Crippen molar-refractivity contribution >= 4 is 39.9 Å². The molecule has 0 spiro atoms. The van der Waals surface area contributed by atoms with Gasteiger partial charge in [0.15, 0.2) is 0 Å². The highest BCUT2D eigenvalue weighted by atomic mass is 35.5. The molecule has 29 heavy (non-hydrogen) atoms. The molecule has 2 aliphatic rings. The van der Waals surface area contributed by atoms with Crippen molar-refractivity contribution < 1.29 is 4.79 Å². The van der Waals surface area contributed by atoms with Gasteiger partial charge in [-0.15, -0.1) is 0 Å².